The average Bonchev–Trinajstić information content (AvgIpc) is 2.81. The topological polar surface area (TPSA) is 55.8 Å². The number of hydrogen-bond donors (Lipinski definition) is 0. The maximum Gasteiger partial charge on any atom is 0.414 e. The van der Waals surface area contributed by atoms with E-state index in [-0.39, 0.29) is 6.04 Å². The third-order valence-corrected chi connectivity index (χ3v) is 5.51. The fourth-order valence-corrected chi connectivity index (χ4v) is 3.94. The number of carbonyl (C=O) groups excluding carboxylic acids is 2. The van der Waals surface area contributed by atoms with Crippen molar-refractivity contribution in [3.05, 3.63) is 89.6 Å². The van der Waals surface area contributed by atoms with Crippen molar-refractivity contribution in [2.75, 3.05) is 7.11 Å². The molecule has 0 unspecified atom stereocenters. The zero-order chi connectivity index (χ0) is 23.8. The Morgan fingerprint density at radius 2 is 1.58 bits per heavy atom. The van der Waals surface area contributed by atoms with Crippen molar-refractivity contribution < 1.29 is 19.1 Å². The van der Waals surface area contributed by atoms with E-state index >= 15 is 0 Å². The van der Waals surface area contributed by atoms with Gasteiger partial charge in [0.15, 0.2) is 0 Å². The predicted molar refractivity (Wildman–Crippen MR) is 130 cm³/mol. The van der Waals surface area contributed by atoms with E-state index in [9.17, 15) is 9.59 Å². The second kappa shape index (κ2) is 11.0. The fraction of sp³-hybridized carbons (Fsp3) is 0.357. The number of benzene rings is 2. The molecule has 5 nitrogen and oxygen atoms in total. The number of allylic oxidation sites excluding steroid dienone is 1. The molecule has 3 rings (SSSR count). The van der Waals surface area contributed by atoms with Crippen molar-refractivity contribution in [2.24, 2.45) is 0 Å². The molecule has 0 aliphatic carbocycles. The molecule has 0 spiro atoms. The number of amides is 1. The van der Waals surface area contributed by atoms with E-state index < -0.39 is 17.7 Å². The Bertz CT molecular complexity index is 962. The van der Waals surface area contributed by atoms with Gasteiger partial charge in [-0.15, -0.1) is 0 Å². The van der Waals surface area contributed by atoms with Crippen LogP contribution in [0.5, 0.6) is 0 Å². The Kier molecular flexibility index (Phi) is 8.10. The number of nitrogens with zero attached hydrogens (tertiary/aromatic N) is 1. The standard InChI is InChI=1S/C28H33NO4/c1-28(2,3)33-27(31)29-20-23(26(30)32-4)18-19-24(29)16-11-17-25(21-12-7-5-8-13-21)22-14-9-6-10-15-22/h5-10,12-15,17,20,24H,11,16,18-19H2,1-4H3/t24-/m0/s1. The smallest absolute Gasteiger partial charge is 0.414 e. The van der Waals surface area contributed by atoms with E-state index in [2.05, 4.69) is 30.3 Å². The van der Waals surface area contributed by atoms with Crippen LogP contribution in [-0.2, 0) is 14.3 Å². The average molecular weight is 448 g/mol. The molecule has 0 bridgehead atoms. The normalized spacial score (nSPS) is 15.9. The third-order valence-electron chi connectivity index (χ3n) is 5.51. The molecule has 0 saturated carbocycles. The molecule has 2 aromatic rings. The number of methoxy groups -OCH3 is 1. The summed E-state index contributed by atoms with van der Waals surface area (Å²) in [5.41, 5.74) is 3.35. The van der Waals surface area contributed by atoms with E-state index in [4.69, 9.17) is 9.47 Å². The molecule has 33 heavy (non-hydrogen) atoms. The lowest BCUT2D eigenvalue weighted by molar-refractivity contribution is -0.136. The first kappa shape index (κ1) is 24.3. The highest BCUT2D eigenvalue weighted by Crippen LogP contribution is 2.29. The summed E-state index contributed by atoms with van der Waals surface area (Å²) >= 11 is 0. The van der Waals surface area contributed by atoms with Crippen LogP contribution in [-0.4, -0.2) is 35.7 Å². The van der Waals surface area contributed by atoms with Crippen LogP contribution >= 0.6 is 0 Å². The molecule has 0 saturated heterocycles. The maximum atomic E-state index is 12.9. The van der Waals surface area contributed by atoms with Crippen LogP contribution in [0.15, 0.2) is 78.5 Å². The van der Waals surface area contributed by atoms with Gasteiger partial charge in [0.25, 0.3) is 0 Å². The molecular weight excluding hydrogens is 414 g/mol. The molecule has 1 heterocycles. The number of rotatable bonds is 6. The minimum atomic E-state index is -0.619. The summed E-state index contributed by atoms with van der Waals surface area (Å²) in [5, 5.41) is 0. The van der Waals surface area contributed by atoms with Crippen molar-refractivity contribution in [1.29, 1.82) is 0 Å². The zero-order valence-electron chi connectivity index (χ0n) is 19.9. The van der Waals surface area contributed by atoms with Crippen LogP contribution in [0.2, 0.25) is 0 Å². The Morgan fingerprint density at radius 1 is 1.00 bits per heavy atom. The summed E-state index contributed by atoms with van der Waals surface area (Å²) in [7, 11) is 1.35. The lowest BCUT2D eigenvalue weighted by atomic mass is 9.93. The number of carbonyl (C=O) groups is 2. The van der Waals surface area contributed by atoms with Gasteiger partial charge in [0.1, 0.15) is 5.60 Å². The molecule has 2 aromatic carbocycles. The van der Waals surface area contributed by atoms with E-state index in [1.54, 1.807) is 11.1 Å². The maximum absolute atomic E-state index is 12.9. The molecule has 1 aliphatic heterocycles. The first-order valence-electron chi connectivity index (χ1n) is 11.4. The molecule has 1 aliphatic rings. The van der Waals surface area contributed by atoms with Crippen molar-refractivity contribution in [3.63, 3.8) is 0 Å². The third kappa shape index (κ3) is 6.82. The van der Waals surface area contributed by atoms with Gasteiger partial charge in [-0.25, -0.2) is 9.59 Å². The van der Waals surface area contributed by atoms with Gasteiger partial charge in [-0.05, 0) is 63.2 Å². The summed E-state index contributed by atoms with van der Waals surface area (Å²) in [5.74, 6) is -0.405. The molecule has 1 atom stereocenters. The second-order valence-electron chi connectivity index (χ2n) is 9.15. The minimum Gasteiger partial charge on any atom is -0.466 e. The van der Waals surface area contributed by atoms with E-state index in [0.717, 1.165) is 24.0 Å². The van der Waals surface area contributed by atoms with Gasteiger partial charge in [0.2, 0.25) is 0 Å². The van der Waals surface area contributed by atoms with Crippen LogP contribution in [0, 0.1) is 0 Å². The molecule has 0 fully saturated rings. The monoisotopic (exact) mass is 447 g/mol. The van der Waals surface area contributed by atoms with Gasteiger partial charge >= 0.3 is 12.1 Å². The molecule has 174 valence electrons. The fourth-order valence-electron chi connectivity index (χ4n) is 3.94. The summed E-state index contributed by atoms with van der Waals surface area (Å²) in [4.78, 5) is 26.5. The van der Waals surface area contributed by atoms with Crippen LogP contribution in [0.25, 0.3) is 5.57 Å². The number of hydrogen-bond acceptors (Lipinski definition) is 4. The lowest BCUT2D eigenvalue weighted by Gasteiger charge is -2.34. The zero-order valence-corrected chi connectivity index (χ0v) is 19.9. The van der Waals surface area contributed by atoms with Crippen LogP contribution in [0.1, 0.15) is 57.6 Å². The van der Waals surface area contributed by atoms with E-state index in [1.165, 1.54) is 12.7 Å². The highest BCUT2D eigenvalue weighted by Gasteiger charge is 2.31. The van der Waals surface area contributed by atoms with Crippen molar-refractivity contribution in [2.45, 2.75) is 58.1 Å². The summed E-state index contributed by atoms with van der Waals surface area (Å²) in [6.07, 6.45) is 6.19. The number of ether oxygens (including phenoxy) is 2. The van der Waals surface area contributed by atoms with Crippen LogP contribution in [0.3, 0.4) is 0 Å². The lowest BCUT2D eigenvalue weighted by Crippen LogP contribution is -2.42. The Hall–Kier alpha value is -3.34. The van der Waals surface area contributed by atoms with Crippen molar-refractivity contribution >= 4 is 17.6 Å². The Balaban J connectivity index is 1.82. The number of esters is 1. The predicted octanol–water partition coefficient (Wildman–Crippen LogP) is 6.35. The first-order valence-corrected chi connectivity index (χ1v) is 11.4. The summed E-state index contributed by atoms with van der Waals surface area (Å²) < 4.78 is 10.5. The first-order chi connectivity index (χ1) is 15.8. The molecule has 0 radical (unpaired) electrons. The molecular formula is C28H33NO4. The summed E-state index contributed by atoms with van der Waals surface area (Å²) in [6, 6.07) is 20.6. The highest BCUT2D eigenvalue weighted by molar-refractivity contribution is 5.89. The quantitative estimate of drug-likeness (QED) is 0.484. The molecule has 0 aromatic heterocycles. The van der Waals surface area contributed by atoms with E-state index in [1.807, 2.05) is 57.2 Å². The molecule has 5 heteroatoms. The minimum absolute atomic E-state index is 0.0581. The van der Waals surface area contributed by atoms with Gasteiger partial charge in [-0.2, -0.15) is 0 Å². The Morgan fingerprint density at radius 3 is 2.09 bits per heavy atom. The van der Waals surface area contributed by atoms with Gasteiger partial charge in [0, 0.05) is 12.2 Å². The summed E-state index contributed by atoms with van der Waals surface area (Å²) in [6.45, 7) is 5.51. The van der Waals surface area contributed by atoms with Gasteiger partial charge in [-0.3, -0.25) is 4.90 Å². The Labute approximate surface area is 196 Å². The van der Waals surface area contributed by atoms with Gasteiger partial charge < -0.3 is 9.47 Å². The largest absolute Gasteiger partial charge is 0.466 e. The van der Waals surface area contributed by atoms with E-state index in [0.29, 0.717) is 18.4 Å². The van der Waals surface area contributed by atoms with Crippen LogP contribution in [0.4, 0.5) is 4.79 Å². The molecule has 0 N–H and O–H groups in total. The van der Waals surface area contributed by atoms with Crippen LogP contribution < -0.4 is 0 Å². The highest BCUT2D eigenvalue weighted by atomic mass is 16.6. The van der Waals surface area contributed by atoms with Gasteiger partial charge in [0.05, 0.1) is 12.7 Å². The van der Waals surface area contributed by atoms with Crippen molar-refractivity contribution in [1.82, 2.24) is 4.90 Å². The van der Waals surface area contributed by atoms with Gasteiger partial charge in [-0.1, -0.05) is 66.7 Å². The second-order valence-corrected chi connectivity index (χ2v) is 9.15. The molecule has 1 amide bonds. The SMILES string of the molecule is COC(=O)C1=CN(C(=O)OC(C)(C)C)[C@@H](CCC=C(c2ccccc2)c2ccccc2)CC1. The van der Waals surface area contributed by atoms with Crippen molar-refractivity contribution in [3.8, 4) is 0 Å².